The van der Waals surface area contributed by atoms with Crippen LogP contribution in [0.4, 0.5) is 5.69 Å². The normalized spacial score (nSPS) is 15.9. The van der Waals surface area contributed by atoms with Crippen molar-refractivity contribution in [3.63, 3.8) is 0 Å². The number of hydrogen-bond acceptors (Lipinski definition) is 2. The van der Waals surface area contributed by atoms with Gasteiger partial charge in [-0.1, -0.05) is 81.3 Å². The summed E-state index contributed by atoms with van der Waals surface area (Å²) in [4.78, 5) is 14.8. The summed E-state index contributed by atoms with van der Waals surface area (Å²) in [5.41, 5.74) is 4.78. The molecule has 0 aromatic heterocycles. The minimum Gasteiger partial charge on any atom is -0.327 e. The Kier molecular flexibility index (Phi) is 7.36. The molecule has 1 aliphatic rings. The molecule has 0 spiro atoms. The summed E-state index contributed by atoms with van der Waals surface area (Å²) in [6.07, 6.45) is 9.33. The molecule has 150 valence electrons. The van der Waals surface area contributed by atoms with Crippen molar-refractivity contribution in [1.29, 1.82) is 0 Å². The van der Waals surface area contributed by atoms with Gasteiger partial charge in [-0.05, 0) is 60.3 Å². The lowest BCUT2D eigenvalue weighted by atomic mass is 10.0. The quantitative estimate of drug-likeness (QED) is 0.332. The van der Waals surface area contributed by atoms with Crippen LogP contribution in [0, 0.1) is 0 Å². The lowest BCUT2D eigenvalue weighted by molar-refractivity contribution is -0.113. The summed E-state index contributed by atoms with van der Waals surface area (Å²) in [5.74, 6) is -0.0923. The topological polar surface area (TPSA) is 32.3 Å². The molecule has 0 bridgehead atoms. The van der Waals surface area contributed by atoms with Crippen LogP contribution in [0.1, 0.15) is 50.7 Å². The van der Waals surface area contributed by atoms with Crippen molar-refractivity contribution in [2.75, 3.05) is 4.90 Å². The van der Waals surface area contributed by atoms with Gasteiger partial charge < -0.3 is 5.32 Å². The zero-order valence-electron chi connectivity index (χ0n) is 17.2. The van der Waals surface area contributed by atoms with Crippen molar-refractivity contribution in [3.05, 3.63) is 83.1 Å². The SMILES string of the molecule is CCCCCC(=C/c1ccccc1)/C=C1/NC(=S)N(c2ccccc2CC)C1=O. The molecule has 0 atom stereocenters. The van der Waals surface area contributed by atoms with E-state index in [1.54, 1.807) is 4.90 Å². The summed E-state index contributed by atoms with van der Waals surface area (Å²) in [6.45, 7) is 4.28. The van der Waals surface area contributed by atoms with Crippen LogP contribution in [0.5, 0.6) is 0 Å². The minimum atomic E-state index is -0.0923. The van der Waals surface area contributed by atoms with E-state index in [-0.39, 0.29) is 5.91 Å². The minimum absolute atomic E-state index is 0.0923. The van der Waals surface area contributed by atoms with Crippen molar-refractivity contribution < 1.29 is 4.79 Å². The van der Waals surface area contributed by atoms with Crippen LogP contribution in [-0.2, 0) is 11.2 Å². The van der Waals surface area contributed by atoms with Crippen LogP contribution >= 0.6 is 12.2 Å². The highest BCUT2D eigenvalue weighted by molar-refractivity contribution is 7.80. The summed E-state index contributed by atoms with van der Waals surface area (Å²) in [7, 11) is 0. The molecule has 0 aliphatic carbocycles. The number of rotatable bonds is 8. The molecule has 0 unspecified atom stereocenters. The number of unbranched alkanes of at least 4 members (excludes halogenated alkanes) is 2. The lowest BCUT2D eigenvalue weighted by Gasteiger charge is -2.17. The molecular formula is C25H28N2OS. The second kappa shape index (κ2) is 10.2. The predicted molar refractivity (Wildman–Crippen MR) is 126 cm³/mol. The fraction of sp³-hybridized carbons (Fsp3) is 0.280. The van der Waals surface area contributed by atoms with E-state index in [0.29, 0.717) is 10.8 Å². The molecule has 1 amide bonds. The number of hydrogen-bond donors (Lipinski definition) is 1. The Bertz CT molecular complexity index is 931. The van der Waals surface area contributed by atoms with E-state index in [1.165, 1.54) is 6.42 Å². The number of thiocarbonyl (C=S) groups is 1. The smallest absolute Gasteiger partial charge is 0.281 e. The first-order valence-electron chi connectivity index (χ1n) is 10.3. The van der Waals surface area contributed by atoms with E-state index >= 15 is 0 Å². The lowest BCUT2D eigenvalue weighted by Crippen LogP contribution is -2.31. The predicted octanol–water partition coefficient (Wildman–Crippen LogP) is 6.02. The first-order valence-corrected chi connectivity index (χ1v) is 10.8. The fourth-order valence-corrected chi connectivity index (χ4v) is 3.79. The Balaban J connectivity index is 1.91. The average Bonchev–Trinajstić information content (AvgIpc) is 3.01. The third-order valence-corrected chi connectivity index (χ3v) is 5.33. The Hall–Kier alpha value is -2.72. The number of amides is 1. The summed E-state index contributed by atoms with van der Waals surface area (Å²) in [6, 6.07) is 18.2. The second-order valence-electron chi connectivity index (χ2n) is 7.20. The van der Waals surface area contributed by atoms with Crippen molar-refractivity contribution in [3.8, 4) is 0 Å². The fourth-order valence-electron chi connectivity index (χ4n) is 3.50. The highest BCUT2D eigenvalue weighted by atomic mass is 32.1. The van der Waals surface area contributed by atoms with Gasteiger partial charge in [-0.25, -0.2) is 0 Å². The molecule has 1 saturated heterocycles. The van der Waals surface area contributed by atoms with E-state index in [0.717, 1.165) is 48.1 Å². The van der Waals surface area contributed by atoms with Crippen molar-refractivity contribution >= 4 is 35.0 Å². The van der Waals surface area contributed by atoms with Gasteiger partial charge in [0.05, 0.1) is 5.69 Å². The number of carbonyl (C=O) groups is 1. The number of para-hydroxylation sites is 1. The molecule has 3 nitrogen and oxygen atoms in total. The highest BCUT2D eigenvalue weighted by Gasteiger charge is 2.33. The maximum atomic E-state index is 13.2. The number of anilines is 1. The van der Waals surface area contributed by atoms with E-state index in [1.807, 2.05) is 48.5 Å². The van der Waals surface area contributed by atoms with Gasteiger partial charge in [-0.2, -0.15) is 0 Å². The highest BCUT2D eigenvalue weighted by Crippen LogP contribution is 2.27. The molecule has 4 heteroatoms. The van der Waals surface area contributed by atoms with Crippen LogP contribution in [0.3, 0.4) is 0 Å². The van der Waals surface area contributed by atoms with Gasteiger partial charge >= 0.3 is 0 Å². The van der Waals surface area contributed by atoms with E-state index in [2.05, 4.69) is 37.4 Å². The maximum absolute atomic E-state index is 13.2. The summed E-state index contributed by atoms with van der Waals surface area (Å²) in [5, 5.41) is 3.58. The van der Waals surface area contributed by atoms with Crippen LogP contribution in [0.2, 0.25) is 0 Å². The number of nitrogens with one attached hydrogen (secondary N) is 1. The summed E-state index contributed by atoms with van der Waals surface area (Å²) < 4.78 is 0. The van der Waals surface area contributed by atoms with Gasteiger partial charge in [0.25, 0.3) is 5.91 Å². The van der Waals surface area contributed by atoms with Gasteiger partial charge in [0.15, 0.2) is 5.11 Å². The third-order valence-electron chi connectivity index (χ3n) is 5.04. The zero-order chi connectivity index (χ0) is 20.6. The molecule has 3 rings (SSSR count). The average molecular weight is 405 g/mol. The zero-order valence-corrected chi connectivity index (χ0v) is 18.0. The molecule has 0 radical (unpaired) electrons. The maximum Gasteiger partial charge on any atom is 0.281 e. The Morgan fingerprint density at radius 2 is 1.76 bits per heavy atom. The number of nitrogens with zero attached hydrogens (tertiary/aromatic N) is 1. The van der Waals surface area contributed by atoms with Gasteiger partial charge in [0.2, 0.25) is 0 Å². The first-order chi connectivity index (χ1) is 14.1. The van der Waals surface area contributed by atoms with Gasteiger partial charge in [0.1, 0.15) is 5.70 Å². The Morgan fingerprint density at radius 1 is 1.03 bits per heavy atom. The number of allylic oxidation sites excluding steroid dienone is 2. The van der Waals surface area contributed by atoms with Gasteiger partial charge in [-0.3, -0.25) is 9.69 Å². The monoisotopic (exact) mass is 404 g/mol. The van der Waals surface area contributed by atoms with E-state index < -0.39 is 0 Å². The van der Waals surface area contributed by atoms with E-state index in [9.17, 15) is 4.79 Å². The Morgan fingerprint density at radius 3 is 2.48 bits per heavy atom. The number of carbonyl (C=O) groups excluding carboxylic acids is 1. The first kappa shape index (κ1) is 21.0. The molecule has 1 fully saturated rings. The summed E-state index contributed by atoms with van der Waals surface area (Å²) >= 11 is 5.51. The number of benzene rings is 2. The molecule has 1 heterocycles. The van der Waals surface area contributed by atoms with Gasteiger partial charge in [-0.15, -0.1) is 0 Å². The van der Waals surface area contributed by atoms with Crippen molar-refractivity contribution in [2.45, 2.75) is 46.0 Å². The molecule has 0 saturated carbocycles. The van der Waals surface area contributed by atoms with Crippen LogP contribution < -0.4 is 10.2 Å². The Labute approximate surface area is 179 Å². The van der Waals surface area contributed by atoms with Crippen molar-refractivity contribution in [2.24, 2.45) is 0 Å². The molecular weight excluding hydrogens is 376 g/mol. The van der Waals surface area contributed by atoms with Gasteiger partial charge in [0, 0.05) is 0 Å². The molecule has 1 aliphatic heterocycles. The second-order valence-corrected chi connectivity index (χ2v) is 7.58. The molecule has 29 heavy (non-hydrogen) atoms. The number of aryl methyl sites for hydroxylation is 1. The van der Waals surface area contributed by atoms with E-state index in [4.69, 9.17) is 12.2 Å². The third kappa shape index (κ3) is 5.21. The largest absolute Gasteiger partial charge is 0.327 e. The van der Waals surface area contributed by atoms with Crippen LogP contribution in [-0.4, -0.2) is 11.0 Å². The molecule has 1 N–H and O–H groups in total. The molecule has 2 aromatic rings. The van der Waals surface area contributed by atoms with Crippen LogP contribution in [0.25, 0.3) is 6.08 Å². The van der Waals surface area contributed by atoms with Crippen LogP contribution in [0.15, 0.2) is 71.9 Å². The molecule has 2 aromatic carbocycles. The van der Waals surface area contributed by atoms with Crippen molar-refractivity contribution in [1.82, 2.24) is 5.32 Å². The standard InChI is InChI=1S/C25H28N2OS/c1-3-5-7-14-20(17-19-12-8-6-9-13-19)18-22-24(28)27(25(29)26-22)23-16-11-10-15-21(23)4-2/h6,8-13,15-18H,3-5,7,14H2,1-2H3,(H,26,29)/b20-17-,22-18+.